The summed E-state index contributed by atoms with van der Waals surface area (Å²) < 4.78 is 17.2. The van der Waals surface area contributed by atoms with Gasteiger partial charge in [-0.2, -0.15) is 0 Å². The first-order valence-electron chi connectivity index (χ1n) is 5.52. The Hall–Kier alpha value is -0.120. The minimum Gasteiger partial charge on any atom is -0.373 e. The van der Waals surface area contributed by atoms with E-state index in [9.17, 15) is 0 Å². The van der Waals surface area contributed by atoms with Gasteiger partial charge >= 0.3 is 0 Å². The summed E-state index contributed by atoms with van der Waals surface area (Å²) in [6.45, 7) is 7.93. The number of ether oxygens (including phenoxy) is 3. The number of rotatable bonds is 2. The third-order valence-electron chi connectivity index (χ3n) is 2.88. The van der Waals surface area contributed by atoms with Gasteiger partial charge in [0.25, 0.3) is 0 Å². The second kappa shape index (κ2) is 3.80. The van der Waals surface area contributed by atoms with E-state index in [-0.39, 0.29) is 18.0 Å². The molecule has 0 bridgehead atoms. The summed E-state index contributed by atoms with van der Waals surface area (Å²) >= 11 is 0. The Labute approximate surface area is 85.7 Å². The normalized spacial score (nSPS) is 42.9. The fraction of sp³-hybridized carbons (Fsp3) is 1.00. The van der Waals surface area contributed by atoms with Gasteiger partial charge in [0.05, 0.1) is 12.7 Å². The highest BCUT2D eigenvalue weighted by atomic mass is 16.7. The molecule has 0 saturated carbocycles. The molecule has 82 valence electrons. The molecule has 2 heterocycles. The van der Waals surface area contributed by atoms with Gasteiger partial charge in [-0.15, -0.1) is 0 Å². The molecule has 1 unspecified atom stereocenters. The van der Waals surface area contributed by atoms with Crippen LogP contribution >= 0.6 is 0 Å². The van der Waals surface area contributed by atoms with Crippen molar-refractivity contribution in [2.45, 2.75) is 51.6 Å². The molecule has 0 radical (unpaired) electrons. The number of fused-ring (bicyclic) bond motifs is 1. The molecule has 0 N–H and O–H groups in total. The summed E-state index contributed by atoms with van der Waals surface area (Å²) in [6, 6.07) is 0. The van der Waals surface area contributed by atoms with Crippen LogP contribution in [0.1, 0.15) is 33.6 Å². The van der Waals surface area contributed by atoms with Crippen molar-refractivity contribution in [1.82, 2.24) is 0 Å². The first kappa shape index (κ1) is 10.4. The Bertz CT molecular complexity index is 205. The number of hydrogen-bond donors (Lipinski definition) is 0. The molecule has 2 saturated heterocycles. The zero-order valence-corrected chi connectivity index (χ0v) is 9.29. The molecule has 14 heavy (non-hydrogen) atoms. The second-order valence-corrected chi connectivity index (χ2v) is 4.90. The Morgan fingerprint density at radius 1 is 1.36 bits per heavy atom. The molecule has 2 aliphatic heterocycles. The van der Waals surface area contributed by atoms with Gasteiger partial charge in [-0.05, 0) is 19.3 Å². The summed E-state index contributed by atoms with van der Waals surface area (Å²) in [6.07, 6.45) is 2.40. The van der Waals surface area contributed by atoms with E-state index >= 15 is 0 Å². The van der Waals surface area contributed by atoms with E-state index in [2.05, 4.69) is 13.8 Å². The lowest BCUT2D eigenvalue weighted by Crippen LogP contribution is -2.48. The molecule has 0 aromatic heterocycles. The fourth-order valence-electron chi connectivity index (χ4n) is 2.38. The van der Waals surface area contributed by atoms with Crippen molar-refractivity contribution in [2.75, 3.05) is 13.2 Å². The molecule has 3 atom stereocenters. The maximum absolute atomic E-state index is 5.96. The van der Waals surface area contributed by atoms with Crippen LogP contribution in [0, 0.1) is 5.92 Å². The van der Waals surface area contributed by atoms with Crippen LogP contribution in [0.3, 0.4) is 0 Å². The predicted molar refractivity (Wildman–Crippen MR) is 53.0 cm³/mol. The van der Waals surface area contributed by atoms with Gasteiger partial charge in [0, 0.05) is 13.0 Å². The van der Waals surface area contributed by atoms with Crippen LogP contribution in [0.5, 0.6) is 0 Å². The van der Waals surface area contributed by atoms with Gasteiger partial charge in [0.1, 0.15) is 6.10 Å². The minimum absolute atomic E-state index is 0.176. The summed E-state index contributed by atoms with van der Waals surface area (Å²) in [4.78, 5) is 0. The van der Waals surface area contributed by atoms with E-state index in [0.29, 0.717) is 12.5 Å². The van der Waals surface area contributed by atoms with E-state index < -0.39 is 0 Å². The molecule has 2 fully saturated rings. The average Bonchev–Trinajstić information content (AvgIpc) is 2.48. The van der Waals surface area contributed by atoms with E-state index in [0.717, 1.165) is 19.4 Å². The van der Waals surface area contributed by atoms with Crippen molar-refractivity contribution in [2.24, 2.45) is 5.92 Å². The summed E-state index contributed by atoms with van der Waals surface area (Å²) in [7, 11) is 0. The maximum Gasteiger partial charge on any atom is 0.166 e. The number of hydrogen-bond acceptors (Lipinski definition) is 3. The molecule has 3 nitrogen and oxygen atoms in total. The lowest BCUT2D eigenvalue weighted by atomic mass is 10.0. The molecule has 0 aliphatic carbocycles. The van der Waals surface area contributed by atoms with Gasteiger partial charge in [-0.25, -0.2) is 0 Å². The van der Waals surface area contributed by atoms with E-state index in [1.54, 1.807) is 0 Å². The van der Waals surface area contributed by atoms with Crippen molar-refractivity contribution < 1.29 is 14.2 Å². The smallest absolute Gasteiger partial charge is 0.166 e. The minimum atomic E-state index is -0.386. The lowest BCUT2D eigenvalue weighted by molar-refractivity contribution is -0.307. The molecule has 0 amide bonds. The van der Waals surface area contributed by atoms with Gasteiger partial charge < -0.3 is 14.2 Å². The summed E-state index contributed by atoms with van der Waals surface area (Å²) in [5.41, 5.74) is 0. The van der Waals surface area contributed by atoms with Crippen LogP contribution < -0.4 is 0 Å². The van der Waals surface area contributed by atoms with Crippen molar-refractivity contribution in [3.63, 3.8) is 0 Å². The van der Waals surface area contributed by atoms with Crippen molar-refractivity contribution in [3.8, 4) is 0 Å². The molecular weight excluding hydrogens is 180 g/mol. The highest BCUT2D eigenvalue weighted by Crippen LogP contribution is 2.33. The molecule has 3 heteroatoms. The zero-order chi connectivity index (χ0) is 10.2. The first-order valence-corrected chi connectivity index (χ1v) is 5.52. The Morgan fingerprint density at radius 2 is 2.14 bits per heavy atom. The van der Waals surface area contributed by atoms with Gasteiger partial charge in [0.2, 0.25) is 0 Å². The molecule has 2 aliphatic rings. The highest BCUT2D eigenvalue weighted by molar-refractivity contribution is 4.84. The third kappa shape index (κ3) is 2.10. The fourth-order valence-corrected chi connectivity index (χ4v) is 2.38. The zero-order valence-electron chi connectivity index (χ0n) is 9.29. The van der Waals surface area contributed by atoms with E-state index in [1.807, 2.05) is 6.92 Å². The topological polar surface area (TPSA) is 27.7 Å². The third-order valence-corrected chi connectivity index (χ3v) is 2.88. The first-order chi connectivity index (χ1) is 6.59. The Balaban J connectivity index is 1.95. The van der Waals surface area contributed by atoms with Gasteiger partial charge in [-0.1, -0.05) is 13.8 Å². The van der Waals surface area contributed by atoms with Crippen LogP contribution in [-0.2, 0) is 14.2 Å². The van der Waals surface area contributed by atoms with Gasteiger partial charge in [0.15, 0.2) is 5.79 Å². The SMILES string of the molecule is CC(C)C[C@]1(C)OC[C@H]2OCCC2O1. The van der Waals surface area contributed by atoms with Gasteiger partial charge in [-0.3, -0.25) is 0 Å². The standard InChI is InChI=1S/C11H20O3/c1-8(2)6-11(3)13-7-10-9(14-11)4-5-12-10/h8-10H,4-7H2,1-3H3/t9?,10-,11-/m1/s1. The van der Waals surface area contributed by atoms with Crippen molar-refractivity contribution in [3.05, 3.63) is 0 Å². The molecule has 0 spiro atoms. The maximum atomic E-state index is 5.96. The van der Waals surface area contributed by atoms with Crippen LogP contribution in [0.15, 0.2) is 0 Å². The molecular formula is C11H20O3. The van der Waals surface area contributed by atoms with Crippen LogP contribution in [-0.4, -0.2) is 31.2 Å². The Kier molecular flexibility index (Phi) is 2.82. The molecule has 0 aromatic rings. The summed E-state index contributed by atoms with van der Waals surface area (Å²) in [5, 5.41) is 0. The monoisotopic (exact) mass is 200 g/mol. The van der Waals surface area contributed by atoms with E-state index in [4.69, 9.17) is 14.2 Å². The lowest BCUT2D eigenvalue weighted by Gasteiger charge is -2.40. The second-order valence-electron chi connectivity index (χ2n) is 4.90. The largest absolute Gasteiger partial charge is 0.373 e. The summed E-state index contributed by atoms with van der Waals surface area (Å²) in [5.74, 6) is 0.210. The van der Waals surface area contributed by atoms with Crippen LogP contribution in [0.2, 0.25) is 0 Å². The Morgan fingerprint density at radius 3 is 2.86 bits per heavy atom. The predicted octanol–water partition coefficient (Wildman–Crippen LogP) is 1.95. The van der Waals surface area contributed by atoms with Crippen LogP contribution in [0.25, 0.3) is 0 Å². The quantitative estimate of drug-likeness (QED) is 0.682. The van der Waals surface area contributed by atoms with Crippen LogP contribution in [0.4, 0.5) is 0 Å². The molecule has 0 aromatic carbocycles. The van der Waals surface area contributed by atoms with Crippen molar-refractivity contribution >= 4 is 0 Å². The van der Waals surface area contributed by atoms with E-state index in [1.165, 1.54) is 0 Å². The average molecular weight is 200 g/mol. The van der Waals surface area contributed by atoms with Crippen molar-refractivity contribution in [1.29, 1.82) is 0 Å². The molecule has 2 rings (SSSR count). The highest BCUT2D eigenvalue weighted by Gasteiger charge is 2.42.